The van der Waals surface area contributed by atoms with Crippen molar-refractivity contribution in [2.24, 2.45) is 0 Å². The molecule has 1 N–H and O–H groups in total. The van der Waals surface area contributed by atoms with Crippen molar-refractivity contribution in [1.82, 2.24) is 10.4 Å². The summed E-state index contributed by atoms with van der Waals surface area (Å²) in [4.78, 5) is 0. The van der Waals surface area contributed by atoms with Gasteiger partial charge in [0.15, 0.2) is 0 Å². The Morgan fingerprint density at radius 3 is 2.31 bits per heavy atom. The number of nitrogens with zero attached hydrogens (tertiary/aromatic N) is 1. The second-order valence-corrected chi connectivity index (χ2v) is 5.10. The Bertz CT molecular complexity index is 153. The molecule has 0 atom stereocenters. The molecule has 1 aliphatic carbocycles. The van der Waals surface area contributed by atoms with Gasteiger partial charge in [-0.15, -0.1) is 0 Å². The maximum absolute atomic E-state index is 3.66. The number of hydrogen-bond acceptors (Lipinski definition) is 2. The van der Waals surface area contributed by atoms with E-state index in [4.69, 9.17) is 0 Å². The van der Waals surface area contributed by atoms with Gasteiger partial charge in [-0.3, -0.25) is 5.43 Å². The van der Waals surface area contributed by atoms with Crippen molar-refractivity contribution in [3.63, 3.8) is 0 Å². The first kappa shape index (κ1) is 14.0. The highest BCUT2D eigenvalue weighted by Gasteiger charge is 2.19. The maximum Gasteiger partial charge on any atom is 0.0243 e. The lowest BCUT2D eigenvalue weighted by molar-refractivity contribution is 0.0928. The summed E-state index contributed by atoms with van der Waals surface area (Å²) < 4.78 is 0. The number of hydrazine groups is 1. The molecule has 1 saturated carbocycles. The number of rotatable bonds is 8. The molecule has 1 fully saturated rings. The fourth-order valence-corrected chi connectivity index (χ4v) is 2.51. The van der Waals surface area contributed by atoms with Crippen molar-refractivity contribution in [2.75, 3.05) is 13.1 Å². The third-order valence-corrected chi connectivity index (χ3v) is 3.61. The summed E-state index contributed by atoms with van der Waals surface area (Å²) >= 11 is 0. The SMILES string of the molecule is CCCCNN(CCCC)C1CCCCC1. The van der Waals surface area contributed by atoms with Crippen LogP contribution in [0.4, 0.5) is 0 Å². The van der Waals surface area contributed by atoms with Crippen molar-refractivity contribution < 1.29 is 0 Å². The summed E-state index contributed by atoms with van der Waals surface area (Å²) in [6.45, 7) is 6.95. The van der Waals surface area contributed by atoms with Gasteiger partial charge in [-0.05, 0) is 25.7 Å². The van der Waals surface area contributed by atoms with E-state index in [1.807, 2.05) is 0 Å². The highest BCUT2D eigenvalue weighted by atomic mass is 15.5. The van der Waals surface area contributed by atoms with Gasteiger partial charge in [0.25, 0.3) is 0 Å². The van der Waals surface area contributed by atoms with Gasteiger partial charge in [0.2, 0.25) is 0 Å². The summed E-state index contributed by atoms with van der Waals surface area (Å²) in [7, 11) is 0. The highest BCUT2D eigenvalue weighted by Crippen LogP contribution is 2.21. The summed E-state index contributed by atoms with van der Waals surface area (Å²) in [5.74, 6) is 0. The van der Waals surface area contributed by atoms with E-state index in [1.54, 1.807) is 0 Å². The monoisotopic (exact) mass is 226 g/mol. The third kappa shape index (κ3) is 5.31. The third-order valence-electron chi connectivity index (χ3n) is 3.61. The van der Waals surface area contributed by atoms with Gasteiger partial charge < -0.3 is 0 Å². The summed E-state index contributed by atoms with van der Waals surface area (Å²) in [6, 6.07) is 0.817. The zero-order chi connectivity index (χ0) is 11.6. The fourth-order valence-electron chi connectivity index (χ4n) is 2.51. The van der Waals surface area contributed by atoms with Gasteiger partial charge in [0.05, 0.1) is 0 Å². The standard InChI is InChI=1S/C14H30N2/c1-3-5-12-15-16(13-6-4-2)14-10-8-7-9-11-14/h14-15H,3-13H2,1-2H3. The van der Waals surface area contributed by atoms with Crippen LogP contribution in [0.25, 0.3) is 0 Å². The molecular weight excluding hydrogens is 196 g/mol. The van der Waals surface area contributed by atoms with E-state index in [0.29, 0.717) is 0 Å². The lowest BCUT2D eigenvalue weighted by Crippen LogP contribution is -2.47. The predicted molar refractivity (Wildman–Crippen MR) is 71.4 cm³/mol. The van der Waals surface area contributed by atoms with E-state index < -0.39 is 0 Å². The van der Waals surface area contributed by atoms with Crippen molar-refractivity contribution in [1.29, 1.82) is 0 Å². The summed E-state index contributed by atoms with van der Waals surface area (Å²) in [6.07, 6.45) is 12.4. The van der Waals surface area contributed by atoms with Crippen LogP contribution in [0.2, 0.25) is 0 Å². The Morgan fingerprint density at radius 2 is 1.69 bits per heavy atom. The fraction of sp³-hybridized carbons (Fsp3) is 1.00. The van der Waals surface area contributed by atoms with Crippen LogP contribution in [0.5, 0.6) is 0 Å². The molecule has 0 aromatic carbocycles. The van der Waals surface area contributed by atoms with E-state index in [0.717, 1.165) is 12.6 Å². The lowest BCUT2D eigenvalue weighted by atomic mass is 9.95. The maximum atomic E-state index is 3.66. The smallest absolute Gasteiger partial charge is 0.0243 e. The van der Waals surface area contributed by atoms with Crippen LogP contribution in [0.15, 0.2) is 0 Å². The van der Waals surface area contributed by atoms with E-state index in [2.05, 4.69) is 24.3 Å². The van der Waals surface area contributed by atoms with E-state index in [-0.39, 0.29) is 0 Å². The van der Waals surface area contributed by atoms with Crippen molar-refractivity contribution in [2.45, 2.75) is 77.7 Å². The molecule has 0 aliphatic heterocycles. The molecule has 0 radical (unpaired) electrons. The first-order chi connectivity index (χ1) is 7.88. The molecule has 0 amide bonds. The van der Waals surface area contributed by atoms with Crippen LogP contribution < -0.4 is 5.43 Å². The highest BCUT2D eigenvalue weighted by molar-refractivity contribution is 4.73. The van der Waals surface area contributed by atoms with Crippen LogP contribution in [0.3, 0.4) is 0 Å². The van der Waals surface area contributed by atoms with Gasteiger partial charge in [0.1, 0.15) is 0 Å². The molecule has 2 nitrogen and oxygen atoms in total. The number of unbranched alkanes of at least 4 members (excludes halogenated alkanes) is 2. The molecule has 0 aromatic rings. The average molecular weight is 226 g/mol. The Hall–Kier alpha value is -0.0800. The van der Waals surface area contributed by atoms with Gasteiger partial charge in [-0.2, -0.15) is 0 Å². The van der Waals surface area contributed by atoms with Gasteiger partial charge in [-0.25, -0.2) is 5.01 Å². The molecule has 0 saturated heterocycles. The minimum absolute atomic E-state index is 0.817. The largest absolute Gasteiger partial charge is 0.255 e. The molecule has 0 unspecified atom stereocenters. The van der Waals surface area contributed by atoms with Crippen LogP contribution in [-0.2, 0) is 0 Å². The van der Waals surface area contributed by atoms with Crippen LogP contribution in [0.1, 0.15) is 71.6 Å². The predicted octanol–water partition coefficient (Wildman–Crippen LogP) is 3.73. The molecule has 2 heteroatoms. The Labute approximate surface area is 102 Å². The van der Waals surface area contributed by atoms with Crippen LogP contribution >= 0.6 is 0 Å². The van der Waals surface area contributed by atoms with Crippen LogP contribution in [0, 0.1) is 0 Å². The normalized spacial score (nSPS) is 18.2. The van der Waals surface area contributed by atoms with Crippen molar-refractivity contribution in [3.05, 3.63) is 0 Å². The zero-order valence-electron chi connectivity index (χ0n) is 11.3. The summed E-state index contributed by atoms with van der Waals surface area (Å²) in [5.41, 5.74) is 3.66. The minimum atomic E-state index is 0.817. The Kier molecular flexibility index (Phi) is 7.87. The molecule has 16 heavy (non-hydrogen) atoms. The average Bonchev–Trinajstić information content (AvgIpc) is 2.35. The Balaban J connectivity index is 2.28. The second kappa shape index (κ2) is 9.00. The first-order valence-electron chi connectivity index (χ1n) is 7.38. The van der Waals surface area contributed by atoms with E-state index in [1.165, 1.54) is 64.3 Å². The van der Waals surface area contributed by atoms with Crippen molar-refractivity contribution in [3.8, 4) is 0 Å². The lowest BCUT2D eigenvalue weighted by Gasteiger charge is -2.34. The van der Waals surface area contributed by atoms with Crippen LogP contribution in [-0.4, -0.2) is 24.1 Å². The van der Waals surface area contributed by atoms with Gasteiger partial charge in [0, 0.05) is 19.1 Å². The van der Waals surface area contributed by atoms with Crippen molar-refractivity contribution >= 4 is 0 Å². The summed E-state index contributed by atoms with van der Waals surface area (Å²) in [5, 5.41) is 2.55. The molecule has 96 valence electrons. The quantitative estimate of drug-likeness (QED) is 0.501. The Morgan fingerprint density at radius 1 is 1.00 bits per heavy atom. The molecular formula is C14H30N2. The molecule has 1 rings (SSSR count). The molecule has 0 bridgehead atoms. The van der Waals surface area contributed by atoms with Gasteiger partial charge >= 0.3 is 0 Å². The van der Waals surface area contributed by atoms with E-state index >= 15 is 0 Å². The minimum Gasteiger partial charge on any atom is -0.255 e. The van der Waals surface area contributed by atoms with Gasteiger partial charge in [-0.1, -0.05) is 46.0 Å². The molecule has 0 spiro atoms. The molecule has 0 aromatic heterocycles. The zero-order valence-corrected chi connectivity index (χ0v) is 11.3. The van der Waals surface area contributed by atoms with E-state index in [9.17, 15) is 0 Å². The number of hydrogen-bond donors (Lipinski definition) is 1. The number of nitrogens with one attached hydrogen (secondary N) is 1. The second-order valence-electron chi connectivity index (χ2n) is 5.10. The molecule has 0 heterocycles. The molecule has 1 aliphatic rings. The first-order valence-corrected chi connectivity index (χ1v) is 7.38. The topological polar surface area (TPSA) is 15.3 Å².